The van der Waals surface area contributed by atoms with E-state index in [0.29, 0.717) is 25.3 Å². The first-order valence-corrected chi connectivity index (χ1v) is 10.9. The van der Waals surface area contributed by atoms with Gasteiger partial charge in [0, 0.05) is 44.9 Å². The fourth-order valence-corrected chi connectivity index (χ4v) is 4.40. The number of furan rings is 1. The molecule has 0 bridgehead atoms. The number of hydrogen-bond donors (Lipinski definition) is 0. The summed E-state index contributed by atoms with van der Waals surface area (Å²) in [5.74, 6) is 0.905. The van der Waals surface area contributed by atoms with E-state index in [4.69, 9.17) is 9.15 Å². The average molecular weight is 430 g/mol. The van der Waals surface area contributed by atoms with Gasteiger partial charge in [-0.25, -0.2) is 0 Å². The maximum absolute atomic E-state index is 13.5. The van der Waals surface area contributed by atoms with Gasteiger partial charge in [0.25, 0.3) is 5.91 Å². The van der Waals surface area contributed by atoms with E-state index >= 15 is 0 Å². The number of fused-ring (bicyclic) bond motifs is 1. The highest BCUT2D eigenvalue weighted by Gasteiger charge is 2.27. The fourth-order valence-electron chi connectivity index (χ4n) is 4.40. The zero-order chi connectivity index (χ0) is 22.1. The van der Waals surface area contributed by atoms with E-state index in [1.807, 2.05) is 35.2 Å². The highest BCUT2D eigenvalue weighted by molar-refractivity contribution is 5.97. The monoisotopic (exact) mass is 429 g/mol. The Kier molecular flexibility index (Phi) is 5.35. The Bertz CT molecular complexity index is 1230. The number of aryl methyl sites for hydroxylation is 1. The second-order valence-corrected chi connectivity index (χ2v) is 8.22. The van der Waals surface area contributed by atoms with Crippen molar-refractivity contribution >= 4 is 22.7 Å². The molecular formula is C26H27N3O3. The third-order valence-corrected chi connectivity index (χ3v) is 6.20. The molecule has 0 radical (unpaired) electrons. The van der Waals surface area contributed by atoms with Gasteiger partial charge in [0.2, 0.25) is 0 Å². The van der Waals surface area contributed by atoms with Crippen LogP contribution in [-0.4, -0.2) is 48.7 Å². The number of hydrogen-bond acceptors (Lipinski definition) is 4. The van der Waals surface area contributed by atoms with Crippen LogP contribution in [0.1, 0.15) is 21.6 Å². The Morgan fingerprint density at radius 1 is 1.00 bits per heavy atom. The van der Waals surface area contributed by atoms with Crippen molar-refractivity contribution < 1.29 is 13.9 Å². The molecule has 0 spiro atoms. The number of aromatic nitrogens is 1. The molecule has 3 heterocycles. The first kappa shape index (κ1) is 20.2. The molecular weight excluding hydrogens is 402 g/mol. The molecule has 1 aliphatic heterocycles. The summed E-state index contributed by atoms with van der Waals surface area (Å²) in [5.41, 5.74) is 5.81. The van der Waals surface area contributed by atoms with Gasteiger partial charge >= 0.3 is 0 Å². The van der Waals surface area contributed by atoms with Gasteiger partial charge in [0.15, 0.2) is 5.58 Å². The zero-order valence-electron chi connectivity index (χ0n) is 18.5. The van der Waals surface area contributed by atoms with E-state index in [1.54, 1.807) is 13.4 Å². The van der Waals surface area contributed by atoms with Gasteiger partial charge in [-0.15, -0.1) is 0 Å². The molecule has 0 N–H and O–H groups in total. The number of benzene rings is 2. The number of amides is 1. The van der Waals surface area contributed by atoms with E-state index < -0.39 is 0 Å². The number of methoxy groups -OCH3 is 1. The molecule has 0 saturated carbocycles. The normalized spacial score (nSPS) is 14.2. The van der Waals surface area contributed by atoms with Crippen molar-refractivity contribution in [3.05, 3.63) is 83.7 Å². The van der Waals surface area contributed by atoms with Crippen LogP contribution in [0.25, 0.3) is 11.1 Å². The molecule has 164 valence electrons. The van der Waals surface area contributed by atoms with Crippen molar-refractivity contribution in [2.45, 2.75) is 13.5 Å². The summed E-state index contributed by atoms with van der Waals surface area (Å²) in [4.78, 5) is 17.7. The number of nitrogens with zero attached hydrogens (tertiary/aromatic N) is 3. The Morgan fingerprint density at radius 2 is 1.75 bits per heavy atom. The van der Waals surface area contributed by atoms with Crippen molar-refractivity contribution in [1.82, 2.24) is 9.47 Å². The van der Waals surface area contributed by atoms with Gasteiger partial charge in [0.1, 0.15) is 11.4 Å². The standard InChI is InChI=1S/C26H27N3O3/c1-19-7-9-20(10-8-19)18-29-22-11-16-32-25(22)17-23(29)26(30)28-14-12-27(13-15-28)21-5-3-4-6-24(21)31-2/h3-11,16-17H,12-15,18H2,1-2H3. The topological polar surface area (TPSA) is 50.9 Å². The quantitative estimate of drug-likeness (QED) is 0.467. The molecule has 6 heteroatoms. The Balaban J connectivity index is 1.36. The van der Waals surface area contributed by atoms with Crippen LogP contribution in [-0.2, 0) is 6.54 Å². The minimum Gasteiger partial charge on any atom is -0.495 e. The number of ether oxygens (including phenoxy) is 1. The number of piperazine rings is 1. The Morgan fingerprint density at radius 3 is 2.50 bits per heavy atom. The van der Waals surface area contributed by atoms with Crippen LogP contribution in [0.4, 0.5) is 5.69 Å². The molecule has 1 fully saturated rings. The van der Waals surface area contributed by atoms with Gasteiger partial charge in [-0.05, 0) is 24.6 Å². The van der Waals surface area contributed by atoms with Gasteiger partial charge in [-0.3, -0.25) is 4.79 Å². The number of rotatable bonds is 5. The number of carbonyl (C=O) groups excluding carboxylic acids is 1. The van der Waals surface area contributed by atoms with Crippen LogP contribution in [0.2, 0.25) is 0 Å². The Labute approximate surface area is 187 Å². The van der Waals surface area contributed by atoms with Crippen LogP contribution < -0.4 is 9.64 Å². The molecule has 4 aromatic rings. The van der Waals surface area contributed by atoms with Crippen molar-refractivity contribution in [2.75, 3.05) is 38.2 Å². The second kappa shape index (κ2) is 8.46. The van der Waals surface area contributed by atoms with Crippen molar-refractivity contribution in [3.8, 4) is 5.75 Å². The average Bonchev–Trinajstić information content (AvgIpc) is 3.43. The molecule has 1 aliphatic rings. The zero-order valence-corrected chi connectivity index (χ0v) is 18.5. The minimum atomic E-state index is 0.0446. The maximum Gasteiger partial charge on any atom is 0.270 e. The Hall–Kier alpha value is -3.67. The highest BCUT2D eigenvalue weighted by Crippen LogP contribution is 2.29. The van der Waals surface area contributed by atoms with Crippen LogP contribution in [0, 0.1) is 6.92 Å². The minimum absolute atomic E-state index is 0.0446. The van der Waals surface area contributed by atoms with Crippen molar-refractivity contribution in [2.24, 2.45) is 0 Å². The lowest BCUT2D eigenvalue weighted by Crippen LogP contribution is -2.49. The molecule has 6 nitrogen and oxygen atoms in total. The molecule has 0 aliphatic carbocycles. The van der Waals surface area contributed by atoms with Crippen molar-refractivity contribution in [3.63, 3.8) is 0 Å². The SMILES string of the molecule is COc1ccccc1N1CCN(C(=O)c2cc3occc3n2Cc2ccc(C)cc2)CC1. The molecule has 2 aromatic heterocycles. The largest absolute Gasteiger partial charge is 0.495 e. The lowest BCUT2D eigenvalue weighted by Gasteiger charge is -2.36. The predicted octanol–water partition coefficient (Wildman–Crippen LogP) is 4.56. The summed E-state index contributed by atoms with van der Waals surface area (Å²) in [7, 11) is 1.69. The van der Waals surface area contributed by atoms with E-state index in [1.165, 1.54) is 5.56 Å². The third kappa shape index (κ3) is 3.73. The second-order valence-electron chi connectivity index (χ2n) is 8.22. The summed E-state index contributed by atoms with van der Waals surface area (Å²) in [6.07, 6.45) is 1.68. The summed E-state index contributed by atoms with van der Waals surface area (Å²) in [5, 5.41) is 0. The van der Waals surface area contributed by atoms with Crippen LogP contribution in [0.3, 0.4) is 0 Å². The van der Waals surface area contributed by atoms with Crippen LogP contribution in [0.5, 0.6) is 5.75 Å². The first-order chi connectivity index (χ1) is 15.6. The van der Waals surface area contributed by atoms with Gasteiger partial charge in [0.05, 0.1) is 24.6 Å². The lowest BCUT2D eigenvalue weighted by atomic mass is 10.1. The smallest absolute Gasteiger partial charge is 0.270 e. The molecule has 1 saturated heterocycles. The molecule has 1 amide bonds. The summed E-state index contributed by atoms with van der Waals surface area (Å²) in [6.45, 7) is 5.56. The van der Waals surface area contributed by atoms with E-state index in [9.17, 15) is 4.79 Å². The number of carbonyl (C=O) groups is 1. The predicted molar refractivity (Wildman–Crippen MR) is 126 cm³/mol. The molecule has 2 aromatic carbocycles. The number of anilines is 1. The van der Waals surface area contributed by atoms with Crippen LogP contribution in [0.15, 0.2) is 71.3 Å². The fraction of sp³-hybridized carbons (Fsp3) is 0.269. The molecule has 0 atom stereocenters. The van der Waals surface area contributed by atoms with E-state index in [0.717, 1.165) is 41.2 Å². The van der Waals surface area contributed by atoms with E-state index in [-0.39, 0.29) is 5.91 Å². The summed E-state index contributed by atoms with van der Waals surface area (Å²) in [6, 6.07) is 20.3. The van der Waals surface area contributed by atoms with Gasteiger partial charge in [-0.2, -0.15) is 0 Å². The molecule has 32 heavy (non-hydrogen) atoms. The van der Waals surface area contributed by atoms with E-state index in [2.05, 4.69) is 46.7 Å². The lowest BCUT2D eigenvalue weighted by molar-refractivity contribution is 0.0736. The maximum atomic E-state index is 13.5. The molecule has 5 rings (SSSR count). The third-order valence-electron chi connectivity index (χ3n) is 6.20. The number of para-hydroxylation sites is 2. The highest BCUT2D eigenvalue weighted by atomic mass is 16.5. The van der Waals surface area contributed by atoms with Crippen molar-refractivity contribution in [1.29, 1.82) is 0 Å². The van der Waals surface area contributed by atoms with Gasteiger partial charge < -0.3 is 23.5 Å². The summed E-state index contributed by atoms with van der Waals surface area (Å²) >= 11 is 0. The molecule has 0 unspecified atom stereocenters. The van der Waals surface area contributed by atoms with Crippen LogP contribution >= 0.6 is 0 Å². The van der Waals surface area contributed by atoms with Gasteiger partial charge in [-0.1, -0.05) is 42.0 Å². The first-order valence-electron chi connectivity index (χ1n) is 10.9. The summed E-state index contributed by atoms with van der Waals surface area (Å²) < 4.78 is 13.2.